The largest absolute Gasteiger partial charge is 0.379 e. The SMILES string of the molecule is CCCCCCCCCCCCCCCCCCOCCOCCOCCOCCOCCOCCOCCOCCNc1ccc([N+](=O)[O-])cc1[N+](=O)[O-]. The molecule has 1 N–H and O–H groups in total. The van der Waals surface area contributed by atoms with Crippen LogP contribution >= 0.6 is 0 Å². The molecule has 0 fully saturated rings. The summed E-state index contributed by atoms with van der Waals surface area (Å²) >= 11 is 0. The van der Waals surface area contributed by atoms with Gasteiger partial charge in [-0.05, 0) is 12.5 Å². The smallest absolute Gasteiger partial charge is 0.299 e. The van der Waals surface area contributed by atoms with Gasteiger partial charge in [0.05, 0.1) is 115 Å². The Morgan fingerprint density at radius 2 is 0.764 bits per heavy atom. The van der Waals surface area contributed by atoms with E-state index in [1.54, 1.807) is 0 Å². The van der Waals surface area contributed by atoms with Crippen molar-refractivity contribution in [1.29, 1.82) is 0 Å². The van der Waals surface area contributed by atoms with Gasteiger partial charge >= 0.3 is 0 Å². The lowest BCUT2D eigenvalue weighted by Gasteiger charge is -2.09. The number of non-ortho nitro benzene ring substituents is 1. The van der Waals surface area contributed by atoms with E-state index in [0.29, 0.717) is 99.0 Å². The molecule has 320 valence electrons. The third kappa shape index (κ3) is 33.4. The van der Waals surface area contributed by atoms with Crippen LogP contribution in [0.15, 0.2) is 18.2 Å². The number of nitrogens with one attached hydrogen (secondary N) is 1. The molecule has 0 atom stereocenters. The van der Waals surface area contributed by atoms with E-state index in [1.807, 2.05) is 0 Å². The minimum atomic E-state index is -0.675. The highest BCUT2D eigenvalue weighted by molar-refractivity contribution is 5.65. The molecule has 0 aliphatic carbocycles. The molecule has 15 heteroatoms. The summed E-state index contributed by atoms with van der Waals surface area (Å²) in [4.78, 5) is 20.6. The number of hydrogen-bond donors (Lipinski definition) is 1. The summed E-state index contributed by atoms with van der Waals surface area (Å²) in [6, 6.07) is 3.45. The first-order valence-electron chi connectivity index (χ1n) is 20.8. The van der Waals surface area contributed by atoms with E-state index < -0.39 is 9.85 Å². The molecule has 0 amide bonds. The Kier molecular flexibility index (Phi) is 36.5. The molecule has 0 saturated carbocycles. The number of nitro benzene ring substituents is 2. The molecule has 0 radical (unpaired) electrons. The van der Waals surface area contributed by atoms with Crippen molar-refractivity contribution < 1.29 is 47.7 Å². The summed E-state index contributed by atoms with van der Waals surface area (Å²) in [7, 11) is 0. The highest BCUT2D eigenvalue weighted by Gasteiger charge is 2.19. The molecule has 1 aromatic carbocycles. The van der Waals surface area contributed by atoms with Crippen LogP contribution in [0.2, 0.25) is 0 Å². The fraction of sp³-hybridized carbons (Fsp3) is 0.850. The number of anilines is 1. The van der Waals surface area contributed by atoms with E-state index in [0.717, 1.165) is 19.1 Å². The first kappa shape index (κ1) is 50.5. The summed E-state index contributed by atoms with van der Waals surface area (Å²) in [5.74, 6) is 0. The Bertz CT molecular complexity index is 1020. The third-order valence-electron chi connectivity index (χ3n) is 8.70. The molecule has 0 aliphatic heterocycles. The third-order valence-corrected chi connectivity index (χ3v) is 8.70. The van der Waals surface area contributed by atoms with Crippen molar-refractivity contribution in [2.75, 3.05) is 118 Å². The normalized spacial score (nSPS) is 11.4. The van der Waals surface area contributed by atoms with Crippen molar-refractivity contribution in [3.8, 4) is 0 Å². The van der Waals surface area contributed by atoms with Crippen molar-refractivity contribution in [2.45, 2.75) is 110 Å². The monoisotopic (exact) mass is 788 g/mol. The van der Waals surface area contributed by atoms with Crippen molar-refractivity contribution in [3.63, 3.8) is 0 Å². The Hall–Kier alpha value is -2.50. The second-order valence-electron chi connectivity index (χ2n) is 13.3. The van der Waals surface area contributed by atoms with Crippen LogP contribution in [0.3, 0.4) is 0 Å². The van der Waals surface area contributed by atoms with Crippen LogP contribution in [0.4, 0.5) is 17.1 Å². The van der Waals surface area contributed by atoms with Gasteiger partial charge in [0.25, 0.3) is 11.4 Å². The second-order valence-corrected chi connectivity index (χ2v) is 13.3. The predicted octanol–water partition coefficient (Wildman–Crippen LogP) is 8.31. The topological polar surface area (TPSA) is 172 Å². The quantitative estimate of drug-likeness (QED) is 0.0381. The first-order chi connectivity index (χ1) is 27.1. The fourth-order valence-corrected chi connectivity index (χ4v) is 5.59. The lowest BCUT2D eigenvalue weighted by Crippen LogP contribution is -2.15. The molecule has 55 heavy (non-hydrogen) atoms. The van der Waals surface area contributed by atoms with E-state index in [1.165, 1.54) is 108 Å². The zero-order valence-electron chi connectivity index (χ0n) is 33.9. The maximum absolute atomic E-state index is 11.2. The van der Waals surface area contributed by atoms with Crippen LogP contribution in [0, 0.1) is 20.2 Å². The van der Waals surface area contributed by atoms with Gasteiger partial charge in [0, 0.05) is 19.2 Å². The van der Waals surface area contributed by atoms with Gasteiger partial charge < -0.3 is 43.2 Å². The predicted molar refractivity (Wildman–Crippen MR) is 214 cm³/mol. The van der Waals surface area contributed by atoms with Crippen molar-refractivity contribution in [2.24, 2.45) is 0 Å². The molecular formula is C40H73N3O12. The summed E-state index contributed by atoms with van der Waals surface area (Å²) < 4.78 is 44.1. The molecule has 0 heterocycles. The first-order valence-corrected chi connectivity index (χ1v) is 20.8. The summed E-state index contributed by atoms with van der Waals surface area (Å²) in [5, 5.41) is 24.8. The van der Waals surface area contributed by atoms with Crippen molar-refractivity contribution in [1.82, 2.24) is 0 Å². The number of unbranched alkanes of at least 4 members (excludes halogenated alkanes) is 15. The molecule has 0 bridgehead atoms. The Morgan fingerprint density at radius 3 is 1.11 bits per heavy atom. The van der Waals surface area contributed by atoms with Crippen LogP contribution in [0.1, 0.15) is 110 Å². The second kappa shape index (κ2) is 39.7. The van der Waals surface area contributed by atoms with Crippen LogP contribution < -0.4 is 5.32 Å². The lowest BCUT2D eigenvalue weighted by molar-refractivity contribution is -0.393. The zero-order valence-corrected chi connectivity index (χ0v) is 33.9. The lowest BCUT2D eigenvalue weighted by atomic mass is 10.0. The van der Waals surface area contributed by atoms with Gasteiger partial charge in [-0.2, -0.15) is 0 Å². The van der Waals surface area contributed by atoms with E-state index in [9.17, 15) is 20.2 Å². The van der Waals surface area contributed by atoms with Crippen LogP contribution in [-0.2, 0) is 37.9 Å². The van der Waals surface area contributed by atoms with E-state index in [-0.39, 0.29) is 23.7 Å². The molecule has 0 spiro atoms. The van der Waals surface area contributed by atoms with Gasteiger partial charge in [0.2, 0.25) is 0 Å². The highest BCUT2D eigenvalue weighted by atomic mass is 16.6. The number of nitro groups is 2. The number of rotatable bonds is 44. The number of nitrogens with zero attached hydrogens (tertiary/aromatic N) is 2. The summed E-state index contributed by atoms with van der Waals surface area (Å²) in [6.45, 7) is 10.4. The maximum Gasteiger partial charge on any atom is 0.299 e. The molecular weight excluding hydrogens is 714 g/mol. The summed E-state index contributed by atoms with van der Waals surface area (Å²) in [6.07, 6.45) is 22.0. The molecule has 0 unspecified atom stereocenters. The average molecular weight is 788 g/mol. The maximum atomic E-state index is 11.2. The van der Waals surface area contributed by atoms with Crippen LogP contribution in [0.5, 0.6) is 0 Å². The highest BCUT2D eigenvalue weighted by Crippen LogP contribution is 2.28. The molecule has 0 aromatic heterocycles. The van der Waals surface area contributed by atoms with Crippen molar-refractivity contribution >= 4 is 17.1 Å². The standard InChI is InChI=1S/C40H73N3O12/c1-2-3-4-5-6-7-8-9-10-11-12-13-14-15-16-17-21-48-23-25-50-27-29-52-31-33-54-35-36-55-34-32-53-30-28-51-26-24-49-22-20-41-39-19-18-38(42(44)45)37-40(39)43(46)47/h18-19,37,41H,2-17,20-36H2,1H3. The van der Waals surface area contributed by atoms with Gasteiger partial charge in [0.1, 0.15) is 5.69 Å². The molecule has 15 nitrogen and oxygen atoms in total. The van der Waals surface area contributed by atoms with Crippen LogP contribution in [-0.4, -0.2) is 122 Å². The van der Waals surface area contributed by atoms with Gasteiger partial charge in [-0.3, -0.25) is 20.2 Å². The van der Waals surface area contributed by atoms with E-state index in [4.69, 9.17) is 37.9 Å². The molecule has 0 aliphatic rings. The molecule has 1 rings (SSSR count). The fourth-order valence-electron chi connectivity index (χ4n) is 5.59. The minimum absolute atomic E-state index is 0.193. The van der Waals surface area contributed by atoms with Gasteiger partial charge in [-0.1, -0.05) is 103 Å². The van der Waals surface area contributed by atoms with Crippen molar-refractivity contribution in [3.05, 3.63) is 38.4 Å². The average Bonchev–Trinajstić information content (AvgIpc) is 3.18. The number of benzene rings is 1. The Labute approximate surface area is 330 Å². The van der Waals surface area contributed by atoms with Gasteiger partial charge in [0.15, 0.2) is 0 Å². The number of ether oxygens (including phenoxy) is 8. The van der Waals surface area contributed by atoms with Gasteiger partial charge in [-0.25, -0.2) is 0 Å². The minimum Gasteiger partial charge on any atom is -0.379 e. The Morgan fingerprint density at radius 1 is 0.436 bits per heavy atom. The van der Waals surface area contributed by atoms with E-state index in [2.05, 4.69) is 12.2 Å². The van der Waals surface area contributed by atoms with Crippen LogP contribution in [0.25, 0.3) is 0 Å². The zero-order chi connectivity index (χ0) is 39.7. The summed E-state index contributed by atoms with van der Waals surface area (Å²) in [5.41, 5.74) is -0.506. The Balaban J connectivity index is 1.69. The van der Waals surface area contributed by atoms with Gasteiger partial charge in [-0.15, -0.1) is 0 Å². The molecule has 1 aromatic rings. The van der Waals surface area contributed by atoms with E-state index >= 15 is 0 Å². The molecule has 0 saturated heterocycles. The number of hydrogen-bond acceptors (Lipinski definition) is 13.